The largest absolute Gasteiger partial charge is 0.471 e. The van der Waals surface area contributed by atoms with Crippen LogP contribution in [-0.2, 0) is 42.0 Å². The number of rotatable bonds is 10. The molecule has 3 heterocycles. The number of para-hydroxylation sites is 2. The standard InChI is InChI=1S/C43H52N6O8S/c50-38-37-25-31(56-39-35(24-21-28-13-5-4-6-14-28)44-33-18-11-12-19-34(33)45-39)27-49(37)40(51)36(46-42(53)57-30-16-9-10-17-30)20-8-3-1-2-7-15-29-26-43(29,47-38)41(52)48-58(54,55)32-22-23-32/h4-7,11-15,18-19,29-32,36-37H,1-3,8-10,16-17,20-27H2,(H,46,53)(H,47,50)(H,48,52)/b15-7-/t29-,31-,36+,37+,43-/m1/s1. The number of nitrogens with zero attached hydrogens (tertiary/aromatic N) is 3. The Morgan fingerprint density at radius 1 is 0.862 bits per heavy atom. The summed E-state index contributed by atoms with van der Waals surface area (Å²) in [6.07, 6.45) is 11.5. The highest BCUT2D eigenvalue weighted by Crippen LogP contribution is 2.46. The van der Waals surface area contributed by atoms with E-state index < -0.39 is 68.7 Å². The van der Waals surface area contributed by atoms with Crippen LogP contribution in [0.2, 0.25) is 0 Å². The molecular weight excluding hydrogens is 761 g/mol. The van der Waals surface area contributed by atoms with E-state index in [1.807, 2.05) is 66.7 Å². The van der Waals surface area contributed by atoms with Crippen LogP contribution in [0.25, 0.3) is 11.0 Å². The molecule has 0 spiro atoms. The van der Waals surface area contributed by atoms with Gasteiger partial charge in [0.05, 0.1) is 22.8 Å². The molecule has 3 aliphatic carbocycles. The minimum absolute atomic E-state index is 0.00199. The zero-order valence-electron chi connectivity index (χ0n) is 32.6. The molecule has 3 N–H and O–H groups in total. The third-order valence-electron chi connectivity index (χ3n) is 12.1. The maximum Gasteiger partial charge on any atom is 0.408 e. The van der Waals surface area contributed by atoms with Crippen LogP contribution < -0.4 is 20.1 Å². The molecule has 4 fully saturated rings. The summed E-state index contributed by atoms with van der Waals surface area (Å²) in [6.45, 7) is -0.00199. The monoisotopic (exact) mass is 812 g/mol. The predicted molar refractivity (Wildman–Crippen MR) is 215 cm³/mol. The van der Waals surface area contributed by atoms with Crippen LogP contribution in [0.5, 0.6) is 5.88 Å². The highest BCUT2D eigenvalue weighted by Gasteiger charge is 2.62. The summed E-state index contributed by atoms with van der Waals surface area (Å²) in [6, 6.07) is 15.4. The second kappa shape index (κ2) is 17.0. The number of carbonyl (C=O) groups is 4. The summed E-state index contributed by atoms with van der Waals surface area (Å²) in [5, 5.41) is 5.13. The van der Waals surface area contributed by atoms with Crippen molar-refractivity contribution in [3.05, 3.63) is 78.0 Å². The van der Waals surface area contributed by atoms with E-state index in [2.05, 4.69) is 15.4 Å². The fraction of sp³-hybridized carbons (Fsp3) is 0.535. The van der Waals surface area contributed by atoms with E-state index in [0.29, 0.717) is 67.6 Å². The smallest absolute Gasteiger partial charge is 0.408 e. The number of carbonyl (C=O) groups excluding carboxylic acids is 4. The molecule has 1 saturated heterocycles. The van der Waals surface area contributed by atoms with Gasteiger partial charge in [-0.15, -0.1) is 0 Å². The van der Waals surface area contributed by atoms with Crippen LogP contribution in [0.1, 0.15) is 94.7 Å². The minimum atomic E-state index is -3.89. The molecule has 15 heteroatoms. The van der Waals surface area contributed by atoms with E-state index in [4.69, 9.17) is 19.4 Å². The average molecular weight is 813 g/mol. The third kappa shape index (κ3) is 9.14. The quantitative estimate of drug-likeness (QED) is 0.240. The Morgan fingerprint density at radius 3 is 2.34 bits per heavy atom. The zero-order valence-corrected chi connectivity index (χ0v) is 33.5. The first kappa shape index (κ1) is 39.8. The van der Waals surface area contributed by atoms with Gasteiger partial charge < -0.3 is 25.0 Å². The minimum Gasteiger partial charge on any atom is -0.471 e. The van der Waals surface area contributed by atoms with Gasteiger partial charge in [0.25, 0.3) is 5.91 Å². The van der Waals surface area contributed by atoms with E-state index in [-0.39, 0.29) is 25.5 Å². The van der Waals surface area contributed by atoms with Crippen LogP contribution >= 0.6 is 0 Å². The molecule has 2 aromatic carbocycles. The first-order chi connectivity index (χ1) is 28.1. The summed E-state index contributed by atoms with van der Waals surface area (Å²) in [5.74, 6) is -1.96. The summed E-state index contributed by atoms with van der Waals surface area (Å²) in [7, 11) is -3.89. The summed E-state index contributed by atoms with van der Waals surface area (Å²) in [5.41, 5.74) is 1.61. The highest BCUT2D eigenvalue weighted by molar-refractivity contribution is 7.91. The second-order valence-electron chi connectivity index (χ2n) is 16.5. The Kier molecular flexibility index (Phi) is 11.7. The normalized spacial score (nSPS) is 27.3. The first-order valence-corrected chi connectivity index (χ1v) is 22.4. The van der Waals surface area contributed by atoms with Crippen molar-refractivity contribution in [1.82, 2.24) is 30.2 Å². The molecule has 2 aliphatic heterocycles. The number of benzene rings is 2. The van der Waals surface area contributed by atoms with Crippen molar-refractivity contribution in [2.24, 2.45) is 5.92 Å². The summed E-state index contributed by atoms with van der Waals surface area (Å²) >= 11 is 0. The molecule has 0 unspecified atom stereocenters. The molecule has 5 aliphatic rings. The number of fused-ring (bicyclic) bond motifs is 3. The number of allylic oxidation sites excluding steroid dienone is 1. The van der Waals surface area contributed by atoms with Crippen molar-refractivity contribution >= 4 is 44.9 Å². The van der Waals surface area contributed by atoms with Gasteiger partial charge in [0.1, 0.15) is 35.5 Å². The van der Waals surface area contributed by atoms with Crippen LogP contribution in [-0.4, -0.2) is 88.7 Å². The molecule has 1 aromatic heterocycles. The van der Waals surface area contributed by atoms with Crippen LogP contribution in [0.4, 0.5) is 4.79 Å². The number of hydrogen-bond acceptors (Lipinski definition) is 10. The second-order valence-corrected chi connectivity index (χ2v) is 18.4. The topological polar surface area (TPSA) is 186 Å². The Hall–Kier alpha value is -5.05. The van der Waals surface area contributed by atoms with Gasteiger partial charge in [0.2, 0.25) is 27.7 Å². The van der Waals surface area contributed by atoms with Gasteiger partial charge in [-0.25, -0.2) is 23.2 Å². The van der Waals surface area contributed by atoms with Crippen LogP contribution in [0.15, 0.2) is 66.7 Å². The van der Waals surface area contributed by atoms with E-state index >= 15 is 0 Å². The Labute approximate surface area is 339 Å². The van der Waals surface area contributed by atoms with Crippen LogP contribution in [0.3, 0.4) is 0 Å². The van der Waals surface area contributed by atoms with Crippen molar-refractivity contribution in [1.29, 1.82) is 0 Å². The Bertz CT molecular complexity index is 2160. The molecule has 58 heavy (non-hydrogen) atoms. The van der Waals surface area contributed by atoms with E-state index in [1.165, 1.54) is 4.90 Å². The number of amides is 4. The fourth-order valence-corrected chi connectivity index (χ4v) is 9.89. The van der Waals surface area contributed by atoms with Gasteiger partial charge in [-0.2, -0.15) is 0 Å². The van der Waals surface area contributed by atoms with Crippen molar-refractivity contribution in [3.8, 4) is 5.88 Å². The molecule has 3 saturated carbocycles. The molecule has 3 aromatic rings. The maximum atomic E-state index is 14.7. The third-order valence-corrected chi connectivity index (χ3v) is 13.9. The lowest BCUT2D eigenvalue weighted by atomic mass is 10.0. The number of ether oxygens (including phenoxy) is 2. The maximum absolute atomic E-state index is 14.7. The predicted octanol–water partition coefficient (Wildman–Crippen LogP) is 4.80. The number of aryl methyl sites for hydroxylation is 2. The van der Waals surface area contributed by atoms with Crippen molar-refractivity contribution < 1.29 is 37.1 Å². The SMILES string of the molecule is O=C(N[C@H]1CCCCC/C=C\[C@@H]2C[C@@]2(C(=O)NS(=O)(=O)C2CC2)NC(=O)[C@@H]2C[C@@H](Oc3nc4ccccc4nc3CCc3ccccc3)CN2C1=O)OC1CCCC1. The molecule has 14 nitrogen and oxygen atoms in total. The van der Waals surface area contributed by atoms with E-state index in [1.54, 1.807) is 0 Å². The van der Waals surface area contributed by atoms with E-state index in [0.717, 1.165) is 44.1 Å². The zero-order chi connectivity index (χ0) is 40.3. The van der Waals surface area contributed by atoms with Crippen molar-refractivity contribution in [2.45, 2.75) is 131 Å². The lowest BCUT2D eigenvalue weighted by Gasteiger charge is -2.30. The lowest BCUT2D eigenvalue weighted by molar-refractivity contribution is -0.141. The number of sulfonamides is 1. The van der Waals surface area contributed by atoms with Gasteiger partial charge in [0, 0.05) is 12.3 Å². The Morgan fingerprint density at radius 2 is 1.59 bits per heavy atom. The fourth-order valence-electron chi connectivity index (χ4n) is 8.52. The van der Waals surface area contributed by atoms with Crippen molar-refractivity contribution in [2.75, 3.05) is 6.54 Å². The number of aromatic nitrogens is 2. The molecule has 8 rings (SSSR count). The molecular formula is C43H52N6O8S. The molecule has 4 amide bonds. The van der Waals surface area contributed by atoms with Crippen molar-refractivity contribution in [3.63, 3.8) is 0 Å². The molecule has 0 bridgehead atoms. The first-order valence-electron chi connectivity index (χ1n) is 20.9. The average Bonchev–Trinajstić information content (AvgIpc) is 4.09. The summed E-state index contributed by atoms with van der Waals surface area (Å²) in [4.78, 5) is 67.5. The van der Waals surface area contributed by atoms with Gasteiger partial charge in [-0.05, 0) is 94.7 Å². The molecule has 5 atom stereocenters. The van der Waals surface area contributed by atoms with Gasteiger partial charge in [0.15, 0.2) is 0 Å². The lowest BCUT2D eigenvalue weighted by Crippen LogP contribution is -2.58. The van der Waals surface area contributed by atoms with Gasteiger partial charge in [-0.3, -0.25) is 19.1 Å². The van der Waals surface area contributed by atoms with E-state index in [9.17, 15) is 27.6 Å². The van der Waals surface area contributed by atoms with Crippen LogP contribution in [0, 0.1) is 5.92 Å². The van der Waals surface area contributed by atoms with Gasteiger partial charge >= 0.3 is 6.09 Å². The summed E-state index contributed by atoms with van der Waals surface area (Å²) < 4.78 is 40.4. The number of hydrogen-bond donors (Lipinski definition) is 3. The number of nitrogens with one attached hydrogen (secondary N) is 3. The highest BCUT2D eigenvalue weighted by atomic mass is 32.2. The Balaban J connectivity index is 1.09. The van der Waals surface area contributed by atoms with Gasteiger partial charge in [-0.1, -0.05) is 67.5 Å². The number of alkyl carbamates (subject to hydrolysis) is 1. The molecule has 0 radical (unpaired) electrons. The molecule has 308 valence electrons.